The van der Waals surface area contributed by atoms with E-state index in [1.54, 1.807) is 36.4 Å². The molecule has 2 aromatic rings. The Morgan fingerprint density at radius 1 is 0.889 bits per heavy atom. The molecule has 90 valence electrons. The summed E-state index contributed by atoms with van der Waals surface area (Å²) >= 11 is 0.931. The van der Waals surface area contributed by atoms with E-state index in [9.17, 15) is 9.59 Å². The Morgan fingerprint density at radius 2 is 1.50 bits per heavy atom. The van der Waals surface area contributed by atoms with Gasteiger partial charge in [0.1, 0.15) is 0 Å². The predicted molar refractivity (Wildman–Crippen MR) is 72.5 cm³/mol. The molecule has 2 N–H and O–H groups in total. The third kappa shape index (κ3) is 2.99. The Hall–Kier alpha value is -2.07. The summed E-state index contributed by atoms with van der Waals surface area (Å²) in [5.74, 6) is -0.510. The lowest BCUT2D eigenvalue weighted by molar-refractivity contribution is -0.107. The van der Waals surface area contributed by atoms with Crippen molar-refractivity contribution in [1.29, 1.82) is 0 Å². The molecule has 18 heavy (non-hydrogen) atoms. The lowest BCUT2D eigenvalue weighted by Gasteiger charge is -2.01. The summed E-state index contributed by atoms with van der Waals surface area (Å²) < 4.78 is 0. The second-order valence-electron chi connectivity index (χ2n) is 3.65. The van der Waals surface area contributed by atoms with Crippen LogP contribution in [0.3, 0.4) is 0 Å². The normalized spacial score (nSPS) is 10.0. The minimum atomic E-state index is -0.510. The van der Waals surface area contributed by atoms with Gasteiger partial charge in [0, 0.05) is 16.1 Å². The largest absolute Gasteiger partial charge is 0.399 e. The van der Waals surface area contributed by atoms with E-state index >= 15 is 0 Å². The van der Waals surface area contributed by atoms with E-state index in [4.69, 9.17) is 5.73 Å². The van der Waals surface area contributed by atoms with Gasteiger partial charge in [-0.05, 0) is 48.2 Å². The molecule has 0 saturated heterocycles. The molecule has 0 aliphatic rings. The van der Waals surface area contributed by atoms with E-state index in [2.05, 4.69) is 0 Å². The summed E-state index contributed by atoms with van der Waals surface area (Å²) in [5, 5.41) is -0.494. The summed E-state index contributed by atoms with van der Waals surface area (Å²) in [6.07, 6.45) is 0. The number of nitrogen functional groups attached to an aromatic ring is 1. The number of nitrogens with two attached hydrogens (primary N) is 1. The Balaban J connectivity index is 2.10. The molecule has 0 bridgehead atoms. The van der Waals surface area contributed by atoms with Crippen LogP contribution in [0.2, 0.25) is 0 Å². The number of ketones is 1. The highest BCUT2D eigenvalue weighted by Gasteiger charge is 2.17. The molecule has 0 atom stereocenters. The zero-order chi connectivity index (χ0) is 13.0. The molecule has 0 fully saturated rings. The van der Waals surface area contributed by atoms with Crippen LogP contribution in [-0.4, -0.2) is 10.9 Å². The molecule has 0 amide bonds. The van der Waals surface area contributed by atoms with Gasteiger partial charge >= 0.3 is 0 Å². The van der Waals surface area contributed by atoms with Crippen LogP contribution in [0.4, 0.5) is 5.69 Å². The Morgan fingerprint density at radius 3 is 2.11 bits per heavy atom. The summed E-state index contributed by atoms with van der Waals surface area (Å²) in [7, 11) is 0. The molecule has 0 heterocycles. The maximum absolute atomic E-state index is 11.8. The average molecular weight is 257 g/mol. The minimum absolute atomic E-state index is 0.359. The van der Waals surface area contributed by atoms with Crippen molar-refractivity contribution in [3.63, 3.8) is 0 Å². The quantitative estimate of drug-likeness (QED) is 0.397. The minimum Gasteiger partial charge on any atom is -0.399 e. The number of Topliss-reactive ketones (excluding diaryl/α,β-unsaturated/α-hetero) is 1. The molecule has 2 aromatic carbocycles. The molecule has 0 aliphatic heterocycles. The molecular formula is C14H11NO2S. The highest BCUT2D eigenvalue weighted by Crippen LogP contribution is 2.20. The Labute approximate surface area is 109 Å². The number of anilines is 1. The van der Waals surface area contributed by atoms with Crippen LogP contribution < -0.4 is 5.73 Å². The molecule has 0 saturated carbocycles. The molecule has 4 heteroatoms. The fourth-order valence-corrected chi connectivity index (χ4v) is 2.11. The van der Waals surface area contributed by atoms with Crippen molar-refractivity contribution in [2.75, 3.05) is 5.73 Å². The summed E-state index contributed by atoms with van der Waals surface area (Å²) in [6.45, 7) is 0. The first kappa shape index (κ1) is 12.4. The zero-order valence-electron chi connectivity index (χ0n) is 9.50. The molecule has 0 aromatic heterocycles. The first-order valence-corrected chi connectivity index (χ1v) is 6.15. The second kappa shape index (κ2) is 5.51. The van der Waals surface area contributed by atoms with Crippen LogP contribution in [0.25, 0.3) is 0 Å². The third-order valence-corrected chi connectivity index (χ3v) is 3.19. The van der Waals surface area contributed by atoms with Gasteiger partial charge in [0.2, 0.25) is 5.78 Å². The summed E-state index contributed by atoms with van der Waals surface area (Å²) in [4.78, 5) is 24.4. The molecule has 0 radical (unpaired) electrons. The topological polar surface area (TPSA) is 60.2 Å². The van der Waals surface area contributed by atoms with Crippen molar-refractivity contribution in [3.8, 4) is 0 Å². The van der Waals surface area contributed by atoms with Crippen LogP contribution in [0, 0.1) is 0 Å². The van der Waals surface area contributed by atoms with Gasteiger partial charge in [-0.15, -0.1) is 0 Å². The van der Waals surface area contributed by atoms with Crippen molar-refractivity contribution < 1.29 is 9.59 Å². The highest BCUT2D eigenvalue weighted by atomic mass is 32.2. The Bertz CT molecular complexity index is 564. The van der Waals surface area contributed by atoms with E-state index in [0.29, 0.717) is 11.3 Å². The van der Waals surface area contributed by atoms with Gasteiger partial charge in [0.05, 0.1) is 0 Å². The molecule has 0 spiro atoms. The maximum Gasteiger partial charge on any atom is 0.264 e. The van der Waals surface area contributed by atoms with Gasteiger partial charge in [0.25, 0.3) is 5.12 Å². The van der Waals surface area contributed by atoms with E-state index < -0.39 is 10.9 Å². The van der Waals surface area contributed by atoms with Crippen LogP contribution in [0.5, 0.6) is 0 Å². The third-order valence-electron chi connectivity index (χ3n) is 2.31. The van der Waals surface area contributed by atoms with Gasteiger partial charge in [0.15, 0.2) is 0 Å². The number of rotatable bonds is 3. The zero-order valence-corrected chi connectivity index (χ0v) is 10.3. The molecule has 3 nitrogen and oxygen atoms in total. The number of carbonyl (C=O) groups is 2. The Kier molecular flexibility index (Phi) is 3.79. The fourth-order valence-electron chi connectivity index (χ4n) is 1.39. The van der Waals surface area contributed by atoms with Crippen LogP contribution in [0.15, 0.2) is 59.5 Å². The monoisotopic (exact) mass is 257 g/mol. The van der Waals surface area contributed by atoms with Crippen LogP contribution >= 0.6 is 11.8 Å². The summed E-state index contributed by atoms with van der Waals surface area (Å²) in [6, 6.07) is 15.4. The van der Waals surface area contributed by atoms with E-state index in [-0.39, 0.29) is 0 Å². The van der Waals surface area contributed by atoms with E-state index in [1.807, 2.05) is 18.2 Å². The van der Waals surface area contributed by atoms with Gasteiger partial charge in [-0.1, -0.05) is 18.2 Å². The standard InChI is InChI=1S/C14H11NO2S/c15-11-8-6-10(7-9-11)13(16)14(17)18-12-4-2-1-3-5-12/h1-9H,15H2. The van der Waals surface area contributed by atoms with Gasteiger partial charge in [-0.25, -0.2) is 0 Å². The van der Waals surface area contributed by atoms with Crippen molar-refractivity contribution >= 4 is 28.3 Å². The van der Waals surface area contributed by atoms with Gasteiger partial charge in [-0.2, -0.15) is 0 Å². The van der Waals surface area contributed by atoms with Gasteiger partial charge < -0.3 is 5.73 Å². The number of thioether (sulfide) groups is 1. The number of carbonyl (C=O) groups excluding carboxylic acids is 2. The number of hydrogen-bond donors (Lipinski definition) is 1. The smallest absolute Gasteiger partial charge is 0.264 e. The SMILES string of the molecule is Nc1ccc(C(=O)C(=O)Sc2ccccc2)cc1. The second-order valence-corrected chi connectivity index (χ2v) is 4.70. The van der Waals surface area contributed by atoms with Crippen LogP contribution in [-0.2, 0) is 4.79 Å². The fraction of sp³-hybridized carbons (Fsp3) is 0. The van der Waals surface area contributed by atoms with Crippen molar-refractivity contribution in [2.45, 2.75) is 4.90 Å². The predicted octanol–water partition coefficient (Wildman–Crippen LogP) is 2.77. The number of benzene rings is 2. The molecule has 0 aliphatic carbocycles. The van der Waals surface area contributed by atoms with Crippen molar-refractivity contribution in [2.24, 2.45) is 0 Å². The molecule has 2 rings (SSSR count). The maximum atomic E-state index is 11.8. The first-order valence-electron chi connectivity index (χ1n) is 5.34. The molecule has 0 unspecified atom stereocenters. The first-order chi connectivity index (χ1) is 8.66. The highest BCUT2D eigenvalue weighted by molar-refractivity contribution is 8.15. The number of hydrogen-bond acceptors (Lipinski definition) is 4. The lowest BCUT2D eigenvalue weighted by Crippen LogP contribution is -2.10. The van der Waals surface area contributed by atoms with E-state index in [0.717, 1.165) is 16.7 Å². The lowest BCUT2D eigenvalue weighted by atomic mass is 10.1. The molecular weight excluding hydrogens is 246 g/mol. The summed E-state index contributed by atoms with van der Waals surface area (Å²) in [5.41, 5.74) is 6.45. The van der Waals surface area contributed by atoms with E-state index in [1.165, 1.54) is 0 Å². The van der Waals surface area contributed by atoms with Crippen LogP contribution in [0.1, 0.15) is 10.4 Å². The van der Waals surface area contributed by atoms with Crippen molar-refractivity contribution in [1.82, 2.24) is 0 Å². The van der Waals surface area contributed by atoms with Gasteiger partial charge in [-0.3, -0.25) is 9.59 Å². The van der Waals surface area contributed by atoms with Crippen molar-refractivity contribution in [3.05, 3.63) is 60.2 Å². The average Bonchev–Trinajstić information content (AvgIpc) is 2.40.